The largest absolute Gasteiger partial charge is 0.387 e. The van der Waals surface area contributed by atoms with Crippen molar-refractivity contribution in [3.05, 3.63) is 53.1 Å². The highest BCUT2D eigenvalue weighted by atomic mass is 19.1. The summed E-state index contributed by atoms with van der Waals surface area (Å²) in [6.45, 7) is 1.72. The molecule has 0 bridgehead atoms. The molecule has 1 aromatic heterocycles. The molecule has 6 heteroatoms. The number of aliphatic hydroxyl groups excluding tert-OH is 1. The SMILES string of the molecule is Cn1cnc2c1CCN(C[C@@H](O)c1ccc(F)cc1F)C2. The van der Waals surface area contributed by atoms with Crippen LogP contribution in [0, 0.1) is 11.6 Å². The maximum absolute atomic E-state index is 13.7. The predicted molar refractivity (Wildman–Crippen MR) is 73.5 cm³/mol. The Balaban J connectivity index is 1.70. The molecule has 112 valence electrons. The first-order valence-electron chi connectivity index (χ1n) is 6.89. The summed E-state index contributed by atoms with van der Waals surface area (Å²) in [5.41, 5.74) is 2.33. The van der Waals surface area contributed by atoms with E-state index in [4.69, 9.17) is 0 Å². The molecule has 0 saturated carbocycles. The van der Waals surface area contributed by atoms with E-state index in [-0.39, 0.29) is 5.56 Å². The van der Waals surface area contributed by atoms with Gasteiger partial charge in [-0.15, -0.1) is 0 Å². The normalized spacial score (nSPS) is 16.8. The highest BCUT2D eigenvalue weighted by Gasteiger charge is 2.23. The minimum absolute atomic E-state index is 0.128. The Morgan fingerprint density at radius 3 is 2.95 bits per heavy atom. The smallest absolute Gasteiger partial charge is 0.131 e. The van der Waals surface area contributed by atoms with Crippen LogP contribution in [0.15, 0.2) is 24.5 Å². The fourth-order valence-corrected chi connectivity index (χ4v) is 2.78. The lowest BCUT2D eigenvalue weighted by atomic mass is 10.1. The summed E-state index contributed by atoms with van der Waals surface area (Å²) < 4.78 is 28.6. The van der Waals surface area contributed by atoms with Crippen LogP contribution in [0.3, 0.4) is 0 Å². The van der Waals surface area contributed by atoms with Crippen molar-refractivity contribution in [3.63, 3.8) is 0 Å². The molecular formula is C15H17F2N3O. The summed E-state index contributed by atoms with van der Waals surface area (Å²) in [5.74, 6) is -1.35. The third-order valence-corrected chi connectivity index (χ3v) is 3.94. The number of halogens is 2. The Labute approximate surface area is 121 Å². The van der Waals surface area contributed by atoms with E-state index >= 15 is 0 Å². The van der Waals surface area contributed by atoms with E-state index < -0.39 is 17.7 Å². The van der Waals surface area contributed by atoms with Gasteiger partial charge in [-0.25, -0.2) is 13.8 Å². The number of rotatable bonds is 3. The van der Waals surface area contributed by atoms with Crippen molar-refractivity contribution in [3.8, 4) is 0 Å². The number of β-amino-alcohol motifs (C(OH)–C–C–N with tert-alkyl or cyclic N) is 1. The summed E-state index contributed by atoms with van der Waals surface area (Å²) in [5, 5.41) is 10.2. The van der Waals surface area contributed by atoms with Crippen molar-refractivity contribution < 1.29 is 13.9 Å². The molecule has 1 N–H and O–H groups in total. The number of imidazole rings is 1. The van der Waals surface area contributed by atoms with E-state index in [1.807, 2.05) is 16.5 Å². The zero-order valence-corrected chi connectivity index (χ0v) is 11.8. The zero-order chi connectivity index (χ0) is 15.0. The molecule has 1 atom stereocenters. The second kappa shape index (κ2) is 5.54. The molecule has 4 nitrogen and oxygen atoms in total. The number of aromatic nitrogens is 2. The lowest BCUT2D eigenvalue weighted by Crippen LogP contribution is -2.34. The predicted octanol–water partition coefficient (Wildman–Crippen LogP) is 1.79. The van der Waals surface area contributed by atoms with Gasteiger partial charge in [0.2, 0.25) is 0 Å². The fraction of sp³-hybridized carbons (Fsp3) is 0.400. The molecule has 1 aromatic carbocycles. The topological polar surface area (TPSA) is 41.3 Å². The van der Waals surface area contributed by atoms with Crippen LogP contribution in [0.25, 0.3) is 0 Å². The Hall–Kier alpha value is -1.79. The van der Waals surface area contributed by atoms with E-state index in [0.717, 1.165) is 30.8 Å². The average Bonchev–Trinajstić information content (AvgIpc) is 2.80. The third kappa shape index (κ3) is 2.82. The number of benzene rings is 1. The molecule has 3 rings (SSSR count). The van der Waals surface area contributed by atoms with Gasteiger partial charge in [0.1, 0.15) is 11.6 Å². The Kier molecular flexibility index (Phi) is 3.73. The average molecular weight is 293 g/mol. The summed E-state index contributed by atoms with van der Waals surface area (Å²) >= 11 is 0. The molecule has 0 fully saturated rings. The number of aryl methyl sites for hydroxylation is 1. The highest BCUT2D eigenvalue weighted by molar-refractivity contribution is 5.22. The molecule has 0 unspecified atom stereocenters. The van der Waals surface area contributed by atoms with E-state index in [9.17, 15) is 13.9 Å². The van der Waals surface area contributed by atoms with Gasteiger partial charge in [0.25, 0.3) is 0 Å². The Morgan fingerprint density at radius 2 is 2.19 bits per heavy atom. The lowest BCUT2D eigenvalue weighted by Gasteiger charge is -2.28. The first-order valence-corrected chi connectivity index (χ1v) is 6.89. The maximum Gasteiger partial charge on any atom is 0.131 e. The van der Waals surface area contributed by atoms with Crippen LogP contribution in [0.4, 0.5) is 8.78 Å². The molecule has 21 heavy (non-hydrogen) atoms. The second-order valence-electron chi connectivity index (χ2n) is 5.42. The minimum Gasteiger partial charge on any atom is -0.387 e. The quantitative estimate of drug-likeness (QED) is 0.938. The molecule has 0 radical (unpaired) electrons. The van der Waals surface area contributed by atoms with Gasteiger partial charge in [-0.05, 0) is 6.07 Å². The van der Waals surface area contributed by atoms with Gasteiger partial charge in [-0.1, -0.05) is 6.07 Å². The molecule has 0 saturated heterocycles. The second-order valence-corrected chi connectivity index (χ2v) is 5.42. The Morgan fingerprint density at radius 1 is 1.38 bits per heavy atom. The summed E-state index contributed by atoms with van der Waals surface area (Å²) in [6, 6.07) is 3.26. The van der Waals surface area contributed by atoms with Crippen LogP contribution >= 0.6 is 0 Å². The van der Waals surface area contributed by atoms with Gasteiger partial charge in [0.05, 0.1) is 18.1 Å². The van der Waals surface area contributed by atoms with Gasteiger partial charge < -0.3 is 9.67 Å². The summed E-state index contributed by atoms with van der Waals surface area (Å²) in [6.07, 6.45) is 1.66. The standard InChI is InChI=1S/C15H17F2N3O/c1-19-9-18-13-7-20(5-4-14(13)19)8-15(21)11-3-2-10(16)6-12(11)17/h2-3,6,9,15,21H,4-5,7-8H2,1H3/t15-/m1/s1. The van der Waals surface area contributed by atoms with E-state index in [0.29, 0.717) is 13.1 Å². The number of aliphatic hydroxyl groups is 1. The monoisotopic (exact) mass is 293 g/mol. The van der Waals surface area contributed by atoms with Gasteiger partial charge in [0.15, 0.2) is 0 Å². The van der Waals surface area contributed by atoms with E-state index in [2.05, 4.69) is 4.98 Å². The van der Waals surface area contributed by atoms with Crippen LogP contribution in [0.5, 0.6) is 0 Å². The van der Waals surface area contributed by atoms with Gasteiger partial charge >= 0.3 is 0 Å². The fourth-order valence-electron chi connectivity index (χ4n) is 2.78. The molecule has 1 aliphatic heterocycles. The molecule has 2 heterocycles. The third-order valence-electron chi connectivity index (χ3n) is 3.94. The molecule has 0 amide bonds. The van der Waals surface area contributed by atoms with Gasteiger partial charge in [-0.2, -0.15) is 0 Å². The number of hydrogen-bond donors (Lipinski definition) is 1. The maximum atomic E-state index is 13.7. The van der Waals surface area contributed by atoms with Crippen molar-refractivity contribution >= 4 is 0 Å². The van der Waals surface area contributed by atoms with Gasteiger partial charge in [0, 0.05) is 50.4 Å². The minimum atomic E-state index is -0.976. The first-order chi connectivity index (χ1) is 10.0. The van der Waals surface area contributed by atoms with Crippen molar-refractivity contribution in [2.75, 3.05) is 13.1 Å². The first kappa shape index (κ1) is 14.2. The molecule has 2 aromatic rings. The highest BCUT2D eigenvalue weighted by Crippen LogP contribution is 2.22. The van der Waals surface area contributed by atoms with Crippen LogP contribution in [-0.4, -0.2) is 32.6 Å². The van der Waals surface area contributed by atoms with Crippen molar-refractivity contribution in [1.29, 1.82) is 0 Å². The molecule has 0 spiro atoms. The Bertz CT molecular complexity index is 656. The van der Waals surface area contributed by atoms with Crippen LogP contribution < -0.4 is 0 Å². The van der Waals surface area contributed by atoms with Crippen molar-refractivity contribution in [2.24, 2.45) is 7.05 Å². The number of fused-ring (bicyclic) bond motifs is 1. The van der Waals surface area contributed by atoms with Crippen LogP contribution in [0.1, 0.15) is 23.1 Å². The molecule has 0 aliphatic carbocycles. The zero-order valence-electron chi connectivity index (χ0n) is 11.8. The van der Waals surface area contributed by atoms with E-state index in [1.165, 1.54) is 11.8 Å². The number of nitrogens with zero attached hydrogens (tertiary/aromatic N) is 3. The van der Waals surface area contributed by atoms with Crippen molar-refractivity contribution in [1.82, 2.24) is 14.5 Å². The molecular weight excluding hydrogens is 276 g/mol. The number of hydrogen-bond acceptors (Lipinski definition) is 3. The summed E-state index contributed by atoms with van der Waals surface area (Å²) in [4.78, 5) is 6.36. The van der Waals surface area contributed by atoms with Crippen LogP contribution in [-0.2, 0) is 20.0 Å². The molecule has 1 aliphatic rings. The lowest BCUT2D eigenvalue weighted by molar-refractivity contribution is 0.102. The van der Waals surface area contributed by atoms with E-state index in [1.54, 1.807) is 6.33 Å². The van der Waals surface area contributed by atoms with Gasteiger partial charge in [-0.3, -0.25) is 4.90 Å². The van der Waals surface area contributed by atoms with Crippen molar-refractivity contribution in [2.45, 2.75) is 19.1 Å². The van der Waals surface area contributed by atoms with Crippen LogP contribution in [0.2, 0.25) is 0 Å². The summed E-state index contributed by atoms with van der Waals surface area (Å²) in [7, 11) is 1.96.